The van der Waals surface area contributed by atoms with Gasteiger partial charge in [0.1, 0.15) is 23.7 Å². The number of aromatic nitrogens is 2. The molecular weight excluding hydrogens is 420 g/mol. The Morgan fingerprint density at radius 3 is 2.55 bits per heavy atom. The van der Waals surface area contributed by atoms with Gasteiger partial charge < -0.3 is 9.64 Å². The molecule has 8 nitrogen and oxygen atoms in total. The van der Waals surface area contributed by atoms with Gasteiger partial charge in [-0.1, -0.05) is 29.8 Å². The van der Waals surface area contributed by atoms with Crippen LogP contribution < -0.4 is 4.74 Å². The minimum Gasteiger partial charge on any atom is -0.492 e. The van der Waals surface area contributed by atoms with Crippen molar-refractivity contribution in [1.82, 2.24) is 14.7 Å². The van der Waals surface area contributed by atoms with Crippen molar-refractivity contribution in [1.29, 1.82) is 0 Å². The Labute approximate surface area is 185 Å². The monoisotopic (exact) mass is 442 g/mol. The summed E-state index contributed by atoms with van der Waals surface area (Å²) in [7, 11) is 1.71. The number of nitro groups is 1. The van der Waals surface area contributed by atoms with Crippen LogP contribution in [0.2, 0.25) is 5.02 Å². The standard InChI is InChI=1S/C22H23ClN4O4/c1-15-21(27(29)30)16(2)26(24-15)14-17-7-9-18(10-8-17)22(28)25(3)11-12-31-20-6-4-5-19(23)13-20/h4-10,13H,11-12,14H2,1-3H3. The second-order valence-corrected chi connectivity index (χ2v) is 7.60. The number of amides is 1. The van der Waals surface area contributed by atoms with Crippen LogP contribution in [0, 0.1) is 24.0 Å². The van der Waals surface area contributed by atoms with Crippen LogP contribution in [-0.2, 0) is 6.54 Å². The molecule has 0 N–H and O–H groups in total. The topological polar surface area (TPSA) is 90.5 Å². The summed E-state index contributed by atoms with van der Waals surface area (Å²) >= 11 is 5.93. The number of hydrogen-bond acceptors (Lipinski definition) is 5. The normalized spacial score (nSPS) is 10.7. The highest BCUT2D eigenvalue weighted by Gasteiger charge is 2.21. The lowest BCUT2D eigenvalue weighted by atomic mass is 10.1. The molecular formula is C22H23ClN4O4. The Kier molecular flexibility index (Phi) is 6.91. The SMILES string of the molecule is Cc1nn(Cc2ccc(C(=O)N(C)CCOc3cccc(Cl)c3)cc2)c(C)c1[N+](=O)[O-]. The van der Waals surface area contributed by atoms with Crippen molar-refractivity contribution >= 4 is 23.2 Å². The molecule has 162 valence electrons. The Morgan fingerprint density at radius 2 is 1.94 bits per heavy atom. The van der Waals surface area contributed by atoms with Crippen LogP contribution in [0.1, 0.15) is 27.3 Å². The molecule has 1 amide bonds. The summed E-state index contributed by atoms with van der Waals surface area (Å²) in [6.07, 6.45) is 0. The largest absolute Gasteiger partial charge is 0.492 e. The number of carbonyl (C=O) groups is 1. The highest BCUT2D eigenvalue weighted by molar-refractivity contribution is 6.30. The molecule has 3 aromatic rings. The fourth-order valence-electron chi connectivity index (χ4n) is 3.21. The van der Waals surface area contributed by atoms with Gasteiger partial charge in [-0.05, 0) is 49.7 Å². The molecule has 0 aliphatic heterocycles. The van der Waals surface area contributed by atoms with Crippen LogP contribution >= 0.6 is 11.6 Å². The predicted octanol–water partition coefficient (Wildman–Crippen LogP) is 4.26. The fourth-order valence-corrected chi connectivity index (χ4v) is 3.39. The Bertz CT molecular complexity index is 1100. The van der Waals surface area contributed by atoms with E-state index in [1.54, 1.807) is 60.8 Å². The van der Waals surface area contributed by atoms with E-state index in [0.717, 1.165) is 5.56 Å². The third kappa shape index (κ3) is 5.40. The first kappa shape index (κ1) is 22.3. The van der Waals surface area contributed by atoms with Crippen molar-refractivity contribution in [3.63, 3.8) is 0 Å². The lowest BCUT2D eigenvalue weighted by molar-refractivity contribution is -0.386. The van der Waals surface area contributed by atoms with E-state index in [1.165, 1.54) is 0 Å². The molecule has 3 rings (SSSR count). The van der Waals surface area contributed by atoms with Crippen molar-refractivity contribution in [2.24, 2.45) is 0 Å². The van der Waals surface area contributed by atoms with E-state index in [0.29, 0.717) is 47.4 Å². The molecule has 0 saturated heterocycles. The number of likely N-dealkylation sites (N-methyl/N-ethyl adjacent to an activating group) is 1. The van der Waals surface area contributed by atoms with E-state index in [-0.39, 0.29) is 11.6 Å². The van der Waals surface area contributed by atoms with Crippen LogP contribution in [0.15, 0.2) is 48.5 Å². The highest BCUT2D eigenvalue weighted by Crippen LogP contribution is 2.22. The Morgan fingerprint density at radius 1 is 1.23 bits per heavy atom. The van der Waals surface area contributed by atoms with E-state index in [9.17, 15) is 14.9 Å². The first-order valence-corrected chi connectivity index (χ1v) is 10.0. The van der Waals surface area contributed by atoms with E-state index in [4.69, 9.17) is 16.3 Å². The first-order chi connectivity index (χ1) is 14.8. The van der Waals surface area contributed by atoms with Crippen molar-refractivity contribution in [3.05, 3.63) is 86.2 Å². The predicted molar refractivity (Wildman–Crippen MR) is 118 cm³/mol. The summed E-state index contributed by atoms with van der Waals surface area (Å²) in [5, 5.41) is 16.0. The average molecular weight is 443 g/mol. The third-order valence-electron chi connectivity index (χ3n) is 4.90. The second-order valence-electron chi connectivity index (χ2n) is 7.16. The van der Waals surface area contributed by atoms with Crippen LogP contribution in [0.4, 0.5) is 5.69 Å². The molecule has 2 aromatic carbocycles. The van der Waals surface area contributed by atoms with Gasteiger partial charge in [-0.15, -0.1) is 0 Å². The molecule has 0 aliphatic carbocycles. The van der Waals surface area contributed by atoms with Gasteiger partial charge in [0.05, 0.1) is 18.0 Å². The summed E-state index contributed by atoms with van der Waals surface area (Å²) in [4.78, 5) is 25.0. The van der Waals surface area contributed by atoms with Crippen LogP contribution in [0.3, 0.4) is 0 Å². The van der Waals surface area contributed by atoms with Gasteiger partial charge in [0.25, 0.3) is 5.91 Å². The highest BCUT2D eigenvalue weighted by atomic mass is 35.5. The van der Waals surface area contributed by atoms with Crippen LogP contribution in [0.5, 0.6) is 5.75 Å². The van der Waals surface area contributed by atoms with Crippen molar-refractivity contribution in [2.45, 2.75) is 20.4 Å². The zero-order valence-electron chi connectivity index (χ0n) is 17.5. The number of hydrogen-bond donors (Lipinski definition) is 0. The van der Waals surface area contributed by atoms with Gasteiger partial charge in [-0.3, -0.25) is 19.6 Å². The van der Waals surface area contributed by atoms with E-state index in [2.05, 4.69) is 5.10 Å². The quantitative estimate of drug-likeness (QED) is 0.384. The Balaban J connectivity index is 1.58. The molecule has 0 spiro atoms. The molecule has 1 heterocycles. The molecule has 0 radical (unpaired) electrons. The van der Waals surface area contributed by atoms with Gasteiger partial charge >= 0.3 is 5.69 Å². The summed E-state index contributed by atoms with van der Waals surface area (Å²) in [5.74, 6) is 0.532. The maximum absolute atomic E-state index is 12.6. The van der Waals surface area contributed by atoms with Crippen molar-refractivity contribution in [2.75, 3.05) is 20.2 Å². The maximum Gasteiger partial charge on any atom is 0.312 e. The number of aryl methyl sites for hydroxylation is 1. The smallest absolute Gasteiger partial charge is 0.312 e. The molecule has 0 unspecified atom stereocenters. The number of nitrogens with zero attached hydrogens (tertiary/aromatic N) is 4. The van der Waals surface area contributed by atoms with Gasteiger partial charge in [-0.25, -0.2) is 0 Å². The lowest BCUT2D eigenvalue weighted by Gasteiger charge is -2.18. The molecule has 0 fully saturated rings. The molecule has 0 saturated carbocycles. The van der Waals surface area contributed by atoms with Gasteiger partial charge in [0, 0.05) is 17.6 Å². The molecule has 0 atom stereocenters. The minimum absolute atomic E-state index is 0.0356. The summed E-state index contributed by atoms with van der Waals surface area (Å²) in [6, 6.07) is 14.2. The van der Waals surface area contributed by atoms with Crippen molar-refractivity contribution < 1.29 is 14.5 Å². The number of rotatable bonds is 8. The molecule has 0 bridgehead atoms. The lowest BCUT2D eigenvalue weighted by Crippen LogP contribution is -2.30. The number of carbonyl (C=O) groups excluding carboxylic acids is 1. The first-order valence-electron chi connectivity index (χ1n) is 9.67. The average Bonchev–Trinajstić information content (AvgIpc) is 3.01. The third-order valence-corrected chi connectivity index (χ3v) is 5.13. The van der Waals surface area contributed by atoms with Crippen LogP contribution in [-0.4, -0.2) is 45.7 Å². The van der Waals surface area contributed by atoms with E-state index < -0.39 is 4.92 Å². The van der Waals surface area contributed by atoms with E-state index in [1.807, 2.05) is 18.2 Å². The maximum atomic E-state index is 12.6. The molecule has 9 heteroatoms. The fraction of sp³-hybridized carbons (Fsp3) is 0.273. The number of ether oxygens (including phenoxy) is 1. The summed E-state index contributed by atoms with van der Waals surface area (Å²) < 4.78 is 7.23. The second kappa shape index (κ2) is 9.61. The molecule has 1 aromatic heterocycles. The molecule has 31 heavy (non-hydrogen) atoms. The van der Waals surface area contributed by atoms with Gasteiger partial charge in [0.2, 0.25) is 0 Å². The van der Waals surface area contributed by atoms with E-state index >= 15 is 0 Å². The zero-order valence-corrected chi connectivity index (χ0v) is 18.3. The number of benzene rings is 2. The summed E-state index contributed by atoms with van der Waals surface area (Å²) in [5.41, 5.74) is 2.36. The number of halogens is 1. The van der Waals surface area contributed by atoms with Gasteiger partial charge in [0.15, 0.2) is 0 Å². The summed E-state index contributed by atoms with van der Waals surface area (Å²) in [6.45, 7) is 4.45. The van der Waals surface area contributed by atoms with Crippen molar-refractivity contribution in [3.8, 4) is 5.75 Å². The van der Waals surface area contributed by atoms with Gasteiger partial charge in [-0.2, -0.15) is 5.10 Å². The minimum atomic E-state index is -0.415. The zero-order chi connectivity index (χ0) is 22.5. The van der Waals surface area contributed by atoms with Crippen LogP contribution in [0.25, 0.3) is 0 Å². The molecule has 0 aliphatic rings. The Hall–Kier alpha value is -3.39.